The lowest BCUT2D eigenvalue weighted by atomic mass is 10.1. The van der Waals surface area contributed by atoms with Gasteiger partial charge in [-0.2, -0.15) is 4.98 Å². The van der Waals surface area contributed by atoms with Gasteiger partial charge in [-0.15, -0.1) is 0 Å². The summed E-state index contributed by atoms with van der Waals surface area (Å²) in [5.41, 5.74) is 7.56. The van der Waals surface area contributed by atoms with E-state index in [-0.39, 0.29) is 11.1 Å². The summed E-state index contributed by atoms with van der Waals surface area (Å²) in [6.45, 7) is 0.957. The van der Waals surface area contributed by atoms with Crippen molar-refractivity contribution in [2.24, 2.45) is 5.73 Å². The van der Waals surface area contributed by atoms with Gasteiger partial charge in [-0.25, -0.2) is 9.37 Å². The molecule has 0 saturated heterocycles. The lowest BCUT2D eigenvalue weighted by Crippen LogP contribution is -2.05. The number of rotatable bonds is 4. The number of nitrogens with one attached hydrogen (secondary N) is 1. The highest BCUT2D eigenvalue weighted by atomic mass is 35.5. The van der Waals surface area contributed by atoms with E-state index in [0.717, 1.165) is 17.3 Å². The quantitative estimate of drug-likeness (QED) is 0.834. The molecule has 94 valence electrons. The fourth-order valence-corrected chi connectivity index (χ4v) is 1.58. The molecule has 6 heteroatoms. The van der Waals surface area contributed by atoms with Crippen LogP contribution in [0.4, 0.5) is 10.2 Å². The van der Waals surface area contributed by atoms with E-state index in [2.05, 4.69) is 15.3 Å². The Hall–Kier alpha value is -1.72. The normalized spacial score (nSPS) is 10.4. The molecule has 0 aliphatic heterocycles. The van der Waals surface area contributed by atoms with E-state index >= 15 is 0 Å². The molecular formula is C12H12ClFN4. The number of nitrogens with two attached hydrogens (primary N) is 1. The van der Waals surface area contributed by atoms with Gasteiger partial charge in [0.25, 0.3) is 0 Å². The standard InChI is InChI=1S/C12H12ClFN4/c13-12-17-7-10(14)11(18-12)16-6-9-3-1-8(5-15)2-4-9/h1-4,7H,5-6,15H2,(H,16,17,18). The van der Waals surface area contributed by atoms with Crippen LogP contribution >= 0.6 is 11.6 Å². The lowest BCUT2D eigenvalue weighted by molar-refractivity contribution is 0.616. The summed E-state index contributed by atoms with van der Waals surface area (Å²) in [6, 6.07) is 7.71. The fourth-order valence-electron chi connectivity index (χ4n) is 1.45. The Labute approximate surface area is 109 Å². The van der Waals surface area contributed by atoms with Crippen LogP contribution in [-0.2, 0) is 13.1 Å². The Kier molecular flexibility index (Phi) is 4.07. The van der Waals surface area contributed by atoms with Crippen molar-refractivity contribution >= 4 is 17.4 Å². The van der Waals surface area contributed by atoms with Crippen molar-refractivity contribution in [1.82, 2.24) is 9.97 Å². The number of aromatic nitrogens is 2. The third-order valence-corrected chi connectivity index (χ3v) is 2.62. The van der Waals surface area contributed by atoms with Crippen molar-refractivity contribution in [3.8, 4) is 0 Å². The van der Waals surface area contributed by atoms with Crippen LogP contribution in [0.25, 0.3) is 0 Å². The largest absolute Gasteiger partial charge is 0.363 e. The van der Waals surface area contributed by atoms with Crippen LogP contribution in [0.15, 0.2) is 30.5 Å². The van der Waals surface area contributed by atoms with Crippen LogP contribution in [0.1, 0.15) is 11.1 Å². The Bertz CT molecular complexity index is 530. The molecule has 0 aliphatic rings. The molecule has 1 heterocycles. The zero-order chi connectivity index (χ0) is 13.0. The second-order valence-electron chi connectivity index (χ2n) is 3.71. The number of benzene rings is 1. The molecule has 2 rings (SSSR count). The third kappa shape index (κ3) is 3.15. The Balaban J connectivity index is 2.04. The van der Waals surface area contributed by atoms with Gasteiger partial charge in [0.15, 0.2) is 11.6 Å². The molecule has 0 unspecified atom stereocenters. The average Bonchev–Trinajstić information content (AvgIpc) is 2.40. The van der Waals surface area contributed by atoms with Crippen LogP contribution in [0.5, 0.6) is 0 Å². The molecule has 1 aromatic heterocycles. The predicted octanol–water partition coefficient (Wildman–Crippen LogP) is 2.34. The third-order valence-electron chi connectivity index (χ3n) is 2.43. The number of hydrogen-bond donors (Lipinski definition) is 2. The lowest BCUT2D eigenvalue weighted by Gasteiger charge is -2.07. The van der Waals surface area contributed by atoms with E-state index in [1.54, 1.807) is 0 Å². The van der Waals surface area contributed by atoms with Gasteiger partial charge in [0.1, 0.15) is 0 Å². The minimum atomic E-state index is -0.530. The molecule has 0 atom stereocenters. The first-order valence-electron chi connectivity index (χ1n) is 5.39. The smallest absolute Gasteiger partial charge is 0.224 e. The van der Waals surface area contributed by atoms with E-state index in [0.29, 0.717) is 13.1 Å². The molecule has 3 N–H and O–H groups in total. The second-order valence-corrected chi connectivity index (χ2v) is 4.05. The van der Waals surface area contributed by atoms with Crippen molar-refractivity contribution < 1.29 is 4.39 Å². The molecule has 2 aromatic rings. The topological polar surface area (TPSA) is 63.8 Å². The highest BCUT2D eigenvalue weighted by molar-refractivity contribution is 6.28. The van der Waals surface area contributed by atoms with Crippen LogP contribution in [0.3, 0.4) is 0 Å². The number of hydrogen-bond acceptors (Lipinski definition) is 4. The van der Waals surface area contributed by atoms with Gasteiger partial charge in [-0.1, -0.05) is 24.3 Å². The van der Waals surface area contributed by atoms with Gasteiger partial charge >= 0.3 is 0 Å². The van der Waals surface area contributed by atoms with E-state index in [9.17, 15) is 4.39 Å². The van der Waals surface area contributed by atoms with E-state index < -0.39 is 5.82 Å². The SMILES string of the molecule is NCc1ccc(CNc2nc(Cl)ncc2F)cc1. The molecule has 0 bridgehead atoms. The minimum absolute atomic E-state index is 0.0115. The van der Waals surface area contributed by atoms with Crippen LogP contribution in [0.2, 0.25) is 5.28 Å². The zero-order valence-electron chi connectivity index (χ0n) is 9.53. The highest BCUT2D eigenvalue weighted by Gasteiger charge is 2.05. The summed E-state index contributed by atoms with van der Waals surface area (Å²) in [7, 11) is 0. The second kappa shape index (κ2) is 5.75. The van der Waals surface area contributed by atoms with E-state index in [4.69, 9.17) is 17.3 Å². The van der Waals surface area contributed by atoms with Crippen molar-refractivity contribution in [1.29, 1.82) is 0 Å². The zero-order valence-corrected chi connectivity index (χ0v) is 10.3. The molecule has 0 aliphatic carbocycles. The van der Waals surface area contributed by atoms with E-state index in [1.807, 2.05) is 24.3 Å². The summed E-state index contributed by atoms with van der Waals surface area (Å²) < 4.78 is 13.3. The van der Waals surface area contributed by atoms with Gasteiger partial charge in [0.2, 0.25) is 5.28 Å². The van der Waals surface area contributed by atoms with Crippen LogP contribution in [0, 0.1) is 5.82 Å². The van der Waals surface area contributed by atoms with Crippen molar-refractivity contribution in [3.63, 3.8) is 0 Å². The van der Waals surface area contributed by atoms with Crippen molar-refractivity contribution in [2.75, 3.05) is 5.32 Å². The number of halogens is 2. The Morgan fingerprint density at radius 1 is 1.22 bits per heavy atom. The van der Waals surface area contributed by atoms with Gasteiger partial charge in [-0.3, -0.25) is 0 Å². The summed E-state index contributed by atoms with van der Waals surface area (Å²) in [4.78, 5) is 7.31. The van der Waals surface area contributed by atoms with E-state index in [1.165, 1.54) is 0 Å². The molecule has 0 spiro atoms. The average molecular weight is 267 g/mol. The number of nitrogens with zero attached hydrogens (tertiary/aromatic N) is 2. The molecule has 18 heavy (non-hydrogen) atoms. The number of anilines is 1. The predicted molar refractivity (Wildman–Crippen MR) is 68.7 cm³/mol. The van der Waals surface area contributed by atoms with Crippen molar-refractivity contribution in [3.05, 3.63) is 52.7 Å². The summed E-state index contributed by atoms with van der Waals surface area (Å²) in [6.07, 6.45) is 1.04. The Morgan fingerprint density at radius 3 is 2.56 bits per heavy atom. The summed E-state index contributed by atoms with van der Waals surface area (Å²) >= 11 is 5.60. The Morgan fingerprint density at radius 2 is 1.89 bits per heavy atom. The monoisotopic (exact) mass is 266 g/mol. The van der Waals surface area contributed by atoms with Crippen LogP contribution < -0.4 is 11.1 Å². The molecule has 0 radical (unpaired) electrons. The van der Waals surface area contributed by atoms with Crippen molar-refractivity contribution in [2.45, 2.75) is 13.1 Å². The maximum absolute atomic E-state index is 13.3. The first-order valence-corrected chi connectivity index (χ1v) is 5.76. The maximum atomic E-state index is 13.3. The molecule has 4 nitrogen and oxygen atoms in total. The molecule has 1 aromatic carbocycles. The van der Waals surface area contributed by atoms with Gasteiger partial charge in [0.05, 0.1) is 6.20 Å². The first kappa shape index (κ1) is 12.7. The van der Waals surface area contributed by atoms with Gasteiger partial charge < -0.3 is 11.1 Å². The molecule has 0 amide bonds. The first-order chi connectivity index (χ1) is 8.69. The molecule has 0 saturated carbocycles. The summed E-state index contributed by atoms with van der Waals surface area (Å²) in [5.74, 6) is -0.434. The fraction of sp³-hybridized carbons (Fsp3) is 0.167. The minimum Gasteiger partial charge on any atom is -0.363 e. The van der Waals surface area contributed by atoms with Gasteiger partial charge in [0, 0.05) is 13.1 Å². The maximum Gasteiger partial charge on any atom is 0.224 e. The summed E-state index contributed by atoms with van der Waals surface area (Å²) in [5, 5.41) is 2.88. The molecular weight excluding hydrogens is 255 g/mol. The van der Waals surface area contributed by atoms with Gasteiger partial charge in [-0.05, 0) is 22.7 Å². The van der Waals surface area contributed by atoms with Crippen LogP contribution in [-0.4, -0.2) is 9.97 Å². The molecule has 0 fully saturated rings. The highest BCUT2D eigenvalue weighted by Crippen LogP contribution is 2.13.